The van der Waals surface area contributed by atoms with E-state index < -0.39 is 0 Å². The van der Waals surface area contributed by atoms with Crippen LogP contribution < -0.4 is 10.5 Å². The Morgan fingerprint density at radius 2 is 2.27 bits per heavy atom. The molecule has 1 aromatic carbocycles. The maximum atomic E-state index is 8.83. The van der Waals surface area contributed by atoms with Crippen LogP contribution in [0.1, 0.15) is 12.5 Å². The highest BCUT2D eigenvalue weighted by Crippen LogP contribution is 2.25. The first kappa shape index (κ1) is 12.3. The lowest BCUT2D eigenvalue weighted by molar-refractivity contribution is 0.174. The summed E-state index contributed by atoms with van der Waals surface area (Å²) in [4.78, 5) is 0. The van der Waals surface area contributed by atoms with Crippen molar-refractivity contribution >= 4 is 11.6 Å². The molecule has 3 nitrogen and oxygen atoms in total. The minimum atomic E-state index is 0.107. The van der Waals surface area contributed by atoms with Crippen LogP contribution in [0.25, 0.3) is 0 Å². The molecular formula is C11H16ClNO2. The number of hydrogen-bond donors (Lipinski definition) is 2. The third kappa shape index (κ3) is 3.70. The SMILES string of the molecule is CC(CO)COc1ccc(CN)cc1Cl. The Kier molecular flexibility index (Phi) is 4.88. The molecule has 0 fully saturated rings. The molecule has 0 bridgehead atoms. The molecule has 0 spiro atoms. The van der Waals surface area contributed by atoms with E-state index in [-0.39, 0.29) is 12.5 Å². The first-order valence-corrected chi connectivity index (χ1v) is 5.27. The van der Waals surface area contributed by atoms with Crippen molar-refractivity contribution in [1.82, 2.24) is 0 Å². The lowest BCUT2D eigenvalue weighted by atomic mass is 10.2. The Hall–Kier alpha value is -0.770. The first-order chi connectivity index (χ1) is 7.17. The molecule has 0 aliphatic carbocycles. The second kappa shape index (κ2) is 5.95. The maximum absolute atomic E-state index is 8.83. The third-order valence-corrected chi connectivity index (χ3v) is 2.36. The van der Waals surface area contributed by atoms with Gasteiger partial charge in [-0.25, -0.2) is 0 Å². The van der Waals surface area contributed by atoms with Gasteiger partial charge in [0.05, 0.1) is 11.6 Å². The monoisotopic (exact) mass is 229 g/mol. The lowest BCUT2D eigenvalue weighted by Gasteiger charge is -2.12. The van der Waals surface area contributed by atoms with Crippen LogP contribution >= 0.6 is 11.6 Å². The Balaban J connectivity index is 2.62. The highest BCUT2D eigenvalue weighted by molar-refractivity contribution is 6.32. The van der Waals surface area contributed by atoms with Gasteiger partial charge in [-0.3, -0.25) is 0 Å². The van der Waals surface area contributed by atoms with E-state index in [9.17, 15) is 0 Å². The van der Waals surface area contributed by atoms with Crippen LogP contribution in [0.5, 0.6) is 5.75 Å². The van der Waals surface area contributed by atoms with Gasteiger partial charge in [0, 0.05) is 19.1 Å². The second-order valence-corrected chi connectivity index (χ2v) is 3.97. The third-order valence-electron chi connectivity index (χ3n) is 2.07. The normalized spacial score (nSPS) is 12.5. The highest BCUT2D eigenvalue weighted by atomic mass is 35.5. The molecule has 0 amide bonds. The predicted octanol–water partition coefficient (Wildman–Crippen LogP) is 1.81. The minimum absolute atomic E-state index is 0.107. The number of aliphatic hydroxyl groups excluding tert-OH is 1. The Morgan fingerprint density at radius 1 is 1.53 bits per heavy atom. The van der Waals surface area contributed by atoms with Crippen LogP contribution in [0.2, 0.25) is 5.02 Å². The quantitative estimate of drug-likeness (QED) is 0.810. The molecule has 1 rings (SSSR count). The van der Waals surface area contributed by atoms with E-state index in [2.05, 4.69) is 0 Å². The smallest absolute Gasteiger partial charge is 0.137 e. The molecule has 0 heterocycles. The number of halogens is 1. The van der Waals surface area contributed by atoms with Crippen molar-refractivity contribution in [2.24, 2.45) is 11.7 Å². The van der Waals surface area contributed by atoms with Gasteiger partial charge in [0.1, 0.15) is 5.75 Å². The van der Waals surface area contributed by atoms with Crippen LogP contribution in [-0.2, 0) is 6.54 Å². The molecule has 1 unspecified atom stereocenters. The zero-order valence-electron chi connectivity index (χ0n) is 8.74. The van der Waals surface area contributed by atoms with Crippen molar-refractivity contribution in [2.45, 2.75) is 13.5 Å². The molecule has 4 heteroatoms. The first-order valence-electron chi connectivity index (χ1n) is 4.89. The summed E-state index contributed by atoms with van der Waals surface area (Å²) in [7, 11) is 0. The van der Waals surface area contributed by atoms with Crippen LogP contribution in [0.15, 0.2) is 18.2 Å². The van der Waals surface area contributed by atoms with E-state index in [1.807, 2.05) is 13.0 Å². The standard InChI is InChI=1S/C11H16ClNO2/c1-8(6-14)7-15-11-3-2-9(5-13)4-10(11)12/h2-4,8,14H,5-7,13H2,1H3. The molecule has 3 N–H and O–H groups in total. The van der Waals surface area contributed by atoms with Crippen LogP contribution in [0.4, 0.5) is 0 Å². The van der Waals surface area contributed by atoms with E-state index in [4.69, 9.17) is 27.2 Å². The molecule has 1 aromatic rings. The maximum Gasteiger partial charge on any atom is 0.137 e. The number of nitrogens with two attached hydrogens (primary N) is 1. The highest BCUT2D eigenvalue weighted by Gasteiger charge is 2.05. The summed E-state index contributed by atoms with van der Waals surface area (Å²) in [5.41, 5.74) is 6.45. The van der Waals surface area contributed by atoms with Gasteiger partial charge in [0.25, 0.3) is 0 Å². The van der Waals surface area contributed by atoms with Crippen molar-refractivity contribution in [2.75, 3.05) is 13.2 Å². The number of ether oxygens (including phenoxy) is 1. The number of benzene rings is 1. The molecular weight excluding hydrogens is 214 g/mol. The lowest BCUT2D eigenvalue weighted by Crippen LogP contribution is -2.12. The molecule has 1 atom stereocenters. The summed E-state index contributed by atoms with van der Waals surface area (Å²) in [6.45, 7) is 2.94. The van der Waals surface area contributed by atoms with Gasteiger partial charge in [-0.1, -0.05) is 24.6 Å². The van der Waals surface area contributed by atoms with Crippen molar-refractivity contribution in [1.29, 1.82) is 0 Å². The Morgan fingerprint density at radius 3 is 2.80 bits per heavy atom. The van der Waals surface area contributed by atoms with Gasteiger partial charge in [0.15, 0.2) is 0 Å². The Bertz CT molecular complexity index is 317. The van der Waals surface area contributed by atoms with Crippen LogP contribution in [0, 0.1) is 5.92 Å². The van der Waals surface area contributed by atoms with Gasteiger partial charge in [0.2, 0.25) is 0 Å². The van der Waals surface area contributed by atoms with E-state index in [1.54, 1.807) is 12.1 Å². The van der Waals surface area contributed by atoms with Crippen LogP contribution in [0.3, 0.4) is 0 Å². The van der Waals surface area contributed by atoms with E-state index in [1.165, 1.54) is 0 Å². The fourth-order valence-corrected chi connectivity index (χ4v) is 1.33. The summed E-state index contributed by atoms with van der Waals surface area (Å²) in [5.74, 6) is 0.740. The molecule has 0 saturated carbocycles. The number of aliphatic hydroxyl groups is 1. The summed E-state index contributed by atoms with van der Waals surface area (Å²) >= 11 is 5.99. The molecule has 0 saturated heterocycles. The average Bonchev–Trinajstić information content (AvgIpc) is 2.26. The predicted molar refractivity (Wildman–Crippen MR) is 61.1 cm³/mol. The van der Waals surface area contributed by atoms with Crippen molar-refractivity contribution in [3.8, 4) is 5.75 Å². The van der Waals surface area contributed by atoms with Crippen molar-refractivity contribution < 1.29 is 9.84 Å². The van der Waals surface area contributed by atoms with Gasteiger partial charge < -0.3 is 15.6 Å². The second-order valence-electron chi connectivity index (χ2n) is 3.57. The number of rotatable bonds is 5. The molecule has 84 valence electrons. The minimum Gasteiger partial charge on any atom is -0.492 e. The summed E-state index contributed by atoms with van der Waals surface area (Å²) in [6.07, 6.45) is 0. The van der Waals surface area contributed by atoms with E-state index in [0.717, 1.165) is 5.56 Å². The average molecular weight is 230 g/mol. The zero-order valence-corrected chi connectivity index (χ0v) is 9.50. The summed E-state index contributed by atoms with van der Waals surface area (Å²) < 4.78 is 5.46. The molecule has 15 heavy (non-hydrogen) atoms. The van der Waals surface area contributed by atoms with Gasteiger partial charge in [-0.15, -0.1) is 0 Å². The van der Waals surface area contributed by atoms with Gasteiger partial charge in [-0.05, 0) is 17.7 Å². The van der Waals surface area contributed by atoms with Gasteiger partial charge >= 0.3 is 0 Å². The van der Waals surface area contributed by atoms with Crippen molar-refractivity contribution in [3.63, 3.8) is 0 Å². The Labute approximate surface area is 94.8 Å². The summed E-state index contributed by atoms with van der Waals surface area (Å²) in [5, 5.41) is 9.39. The fraction of sp³-hybridized carbons (Fsp3) is 0.455. The van der Waals surface area contributed by atoms with Gasteiger partial charge in [-0.2, -0.15) is 0 Å². The zero-order chi connectivity index (χ0) is 11.3. The molecule has 0 aliphatic rings. The van der Waals surface area contributed by atoms with Crippen LogP contribution in [-0.4, -0.2) is 18.3 Å². The molecule has 0 aliphatic heterocycles. The van der Waals surface area contributed by atoms with E-state index in [0.29, 0.717) is 23.9 Å². The topological polar surface area (TPSA) is 55.5 Å². The largest absolute Gasteiger partial charge is 0.492 e. The number of hydrogen-bond acceptors (Lipinski definition) is 3. The van der Waals surface area contributed by atoms with Crippen molar-refractivity contribution in [3.05, 3.63) is 28.8 Å². The molecule has 0 aromatic heterocycles. The van der Waals surface area contributed by atoms with E-state index >= 15 is 0 Å². The summed E-state index contributed by atoms with van der Waals surface area (Å²) in [6, 6.07) is 5.47. The molecule has 0 radical (unpaired) electrons. The fourth-order valence-electron chi connectivity index (χ4n) is 1.07.